The summed E-state index contributed by atoms with van der Waals surface area (Å²) in [6, 6.07) is 0. The minimum Gasteiger partial charge on any atom is -0.480 e. The van der Waals surface area contributed by atoms with Gasteiger partial charge in [-0.3, -0.25) is 0 Å². The number of aliphatic hydroxyl groups is 1. The highest BCUT2D eigenvalue weighted by Crippen LogP contribution is 1.71. The van der Waals surface area contributed by atoms with Gasteiger partial charge in [0.05, 0.1) is 0 Å². The van der Waals surface area contributed by atoms with E-state index in [9.17, 15) is 0 Å². The third kappa shape index (κ3) is 22.8. The van der Waals surface area contributed by atoms with Gasteiger partial charge in [-0.05, 0) is 25.9 Å². The van der Waals surface area contributed by atoms with Crippen molar-refractivity contribution in [2.24, 2.45) is 0 Å². The molecule has 0 spiro atoms. The van der Waals surface area contributed by atoms with Crippen molar-refractivity contribution in [3.05, 3.63) is 0 Å². The Labute approximate surface area is 73.6 Å². The van der Waals surface area contributed by atoms with Gasteiger partial charge < -0.3 is 15.5 Å². The second kappa shape index (κ2) is 13.0. The number of aliphatic hydroxyl groups excluding tert-OH is 1. The van der Waals surface area contributed by atoms with Gasteiger partial charge in [0.1, 0.15) is 6.61 Å². The minimum atomic E-state index is -1.19. The first kappa shape index (κ1) is 13.9. The van der Waals surface area contributed by atoms with Gasteiger partial charge in [0.15, 0.2) is 0 Å². The summed E-state index contributed by atoms with van der Waals surface area (Å²) in [5.41, 5.74) is 0. The van der Waals surface area contributed by atoms with Crippen molar-refractivity contribution in [2.75, 3.05) is 19.7 Å². The third-order valence-corrected chi connectivity index (χ3v) is 0.989. The van der Waals surface area contributed by atoms with Crippen LogP contribution in [0.1, 0.15) is 26.7 Å². The first-order chi connectivity index (χ1) is 5.68. The van der Waals surface area contributed by atoms with Crippen LogP contribution in [0.15, 0.2) is 0 Å². The van der Waals surface area contributed by atoms with E-state index in [-0.39, 0.29) is 0 Å². The maximum absolute atomic E-state index is 9.12. The van der Waals surface area contributed by atoms with Gasteiger partial charge in [-0.1, -0.05) is 13.8 Å². The zero-order chi connectivity index (χ0) is 9.82. The predicted molar refractivity (Wildman–Crippen MR) is 48.2 cm³/mol. The van der Waals surface area contributed by atoms with Gasteiger partial charge in [0.2, 0.25) is 0 Å². The highest BCUT2D eigenvalue weighted by molar-refractivity contribution is 5.67. The van der Waals surface area contributed by atoms with E-state index in [0.29, 0.717) is 0 Å². The molecule has 3 N–H and O–H groups in total. The molecule has 74 valence electrons. The molecule has 0 atom stereocenters. The quantitative estimate of drug-likeness (QED) is 0.534. The molecule has 0 aliphatic rings. The van der Waals surface area contributed by atoms with Crippen LogP contribution in [0, 0.1) is 0 Å². The van der Waals surface area contributed by atoms with E-state index < -0.39 is 12.6 Å². The van der Waals surface area contributed by atoms with E-state index in [4.69, 9.17) is 15.0 Å². The topological polar surface area (TPSA) is 69.6 Å². The number of carboxylic acids is 1. The second-order valence-corrected chi connectivity index (χ2v) is 2.30. The van der Waals surface area contributed by atoms with Crippen LogP contribution >= 0.6 is 0 Å². The van der Waals surface area contributed by atoms with Crippen LogP contribution in [-0.4, -0.2) is 35.9 Å². The van der Waals surface area contributed by atoms with E-state index in [0.717, 1.165) is 0 Å². The first-order valence-corrected chi connectivity index (χ1v) is 4.22. The molecule has 12 heavy (non-hydrogen) atoms. The molecule has 0 unspecified atom stereocenters. The number of hydrogen-bond acceptors (Lipinski definition) is 3. The maximum Gasteiger partial charge on any atom is 0.329 e. The van der Waals surface area contributed by atoms with Crippen LogP contribution < -0.4 is 5.32 Å². The molecular formula is C8H19NO3. The Morgan fingerprint density at radius 2 is 1.58 bits per heavy atom. The highest BCUT2D eigenvalue weighted by Gasteiger charge is 1.82. The van der Waals surface area contributed by atoms with Crippen molar-refractivity contribution in [3.8, 4) is 0 Å². The van der Waals surface area contributed by atoms with Gasteiger partial charge in [-0.15, -0.1) is 0 Å². The van der Waals surface area contributed by atoms with E-state index in [2.05, 4.69) is 19.2 Å². The highest BCUT2D eigenvalue weighted by atomic mass is 16.4. The SMILES string of the molecule is CCCNCCC.O=C(O)CO. The molecule has 0 saturated carbocycles. The molecule has 0 aromatic carbocycles. The van der Waals surface area contributed by atoms with Crippen LogP contribution in [0.25, 0.3) is 0 Å². The molecule has 0 saturated heterocycles. The molecule has 0 aromatic heterocycles. The molecule has 0 amide bonds. The number of aliphatic carboxylic acids is 1. The van der Waals surface area contributed by atoms with E-state index in [1.54, 1.807) is 0 Å². The van der Waals surface area contributed by atoms with Crippen LogP contribution in [0.5, 0.6) is 0 Å². The molecule has 0 aliphatic carbocycles. The maximum atomic E-state index is 9.12. The molecule has 0 radical (unpaired) electrons. The van der Waals surface area contributed by atoms with Crippen molar-refractivity contribution < 1.29 is 15.0 Å². The van der Waals surface area contributed by atoms with Gasteiger partial charge in [0.25, 0.3) is 0 Å². The largest absolute Gasteiger partial charge is 0.480 e. The summed E-state index contributed by atoms with van der Waals surface area (Å²) in [7, 11) is 0. The molecule has 0 fully saturated rings. The molecule has 0 heterocycles. The smallest absolute Gasteiger partial charge is 0.329 e. The lowest BCUT2D eigenvalue weighted by atomic mass is 10.4. The molecular weight excluding hydrogens is 158 g/mol. The lowest BCUT2D eigenvalue weighted by molar-refractivity contribution is -0.140. The molecule has 0 aliphatic heterocycles. The van der Waals surface area contributed by atoms with Gasteiger partial charge in [-0.2, -0.15) is 0 Å². The van der Waals surface area contributed by atoms with Gasteiger partial charge in [0, 0.05) is 0 Å². The first-order valence-electron chi connectivity index (χ1n) is 4.22. The van der Waals surface area contributed by atoms with Crippen LogP contribution in [0.4, 0.5) is 0 Å². The summed E-state index contributed by atoms with van der Waals surface area (Å²) in [6.45, 7) is 5.94. The lowest BCUT2D eigenvalue weighted by Crippen LogP contribution is -2.14. The third-order valence-electron chi connectivity index (χ3n) is 0.989. The van der Waals surface area contributed by atoms with Crippen molar-refractivity contribution in [1.82, 2.24) is 5.32 Å². The number of rotatable bonds is 5. The molecule has 0 rings (SSSR count). The minimum absolute atomic E-state index is 0.778. The van der Waals surface area contributed by atoms with Crippen molar-refractivity contribution in [2.45, 2.75) is 26.7 Å². The summed E-state index contributed by atoms with van der Waals surface area (Å²) < 4.78 is 0. The van der Waals surface area contributed by atoms with E-state index in [1.165, 1.54) is 25.9 Å². The number of nitrogens with one attached hydrogen (secondary N) is 1. The van der Waals surface area contributed by atoms with E-state index >= 15 is 0 Å². The molecule has 0 aromatic rings. The standard InChI is InChI=1S/C6H15N.C2H4O3/c1-3-5-7-6-4-2;3-1-2(4)5/h7H,3-6H2,1-2H3;3H,1H2,(H,4,5). The number of hydrogen-bond donors (Lipinski definition) is 3. The van der Waals surface area contributed by atoms with E-state index in [1.807, 2.05) is 0 Å². The van der Waals surface area contributed by atoms with Crippen molar-refractivity contribution in [1.29, 1.82) is 0 Å². The summed E-state index contributed by atoms with van der Waals surface area (Å²) in [5.74, 6) is -1.19. The second-order valence-electron chi connectivity index (χ2n) is 2.30. The predicted octanol–water partition coefficient (Wildman–Crippen LogP) is 0.459. The van der Waals surface area contributed by atoms with Gasteiger partial charge in [-0.25, -0.2) is 4.79 Å². The monoisotopic (exact) mass is 177 g/mol. The summed E-state index contributed by atoms with van der Waals surface area (Å²) in [5, 5.41) is 18.3. The van der Waals surface area contributed by atoms with Crippen LogP contribution in [-0.2, 0) is 4.79 Å². The van der Waals surface area contributed by atoms with Gasteiger partial charge >= 0.3 is 5.97 Å². The average Bonchev–Trinajstić information content (AvgIpc) is 2.07. The Bertz CT molecular complexity index is 92.3. The zero-order valence-electron chi connectivity index (χ0n) is 7.84. The average molecular weight is 177 g/mol. The van der Waals surface area contributed by atoms with Crippen LogP contribution in [0.2, 0.25) is 0 Å². The summed E-state index contributed by atoms with van der Waals surface area (Å²) >= 11 is 0. The fourth-order valence-corrected chi connectivity index (χ4v) is 0.479. The molecule has 0 bridgehead atoms. The normalized spacial score (nSPS) is 8.58. The van der Waals surface area contributed by atoms with Crippen molar-refractivity contribution >= 4 is 5.97 Å². The van der Waals surface area contributed by atoms with Crippen molar-refractivity contribution in [3.63, 3.8) is 0 Å². The fraction of sp³-hybridized carbons (Fsp3) is 0.875. The number of carboxylic acid groups (broad SMARTS) is 1. The Balaban J connectivity index is 0. The Kier molecular flexibility index (Phi) is 15.1. The summed E-state index contributed by atoms with van der Waals surface area (Å²) in [4.78, 5) is 9.12. The molecule has 4 nitrogen and oxygen atoms in total. The zero-order valence-corrected chi connectivity index (χ0v) is 7.84. The van der Waals surface area contributed by atoms with Crippen LogP contribution in [0.3, 0.4) is 0 Å². The molecule has 4 heteroatoms. The Morgan fingerprint density at radius 1 is 1.25 bits per heavy atom. The number of carbonyl (C=O) groups is 1. The Morgan fingerprint density at radius 3 is 1.75 bits per heavy atom. The summed E-state index contributed by atoms with van der Waals surface area (Å²) in [6.07, 6.45) is 2.50. The fourth-order valence-electron chi connectivity index (χ4n) is 0.479. The Hall–Kier alpha value is -0.610. The lowest BCUT2D eigenvalue weighted by Gasteiger charge is -1.95.